The lowest BCUT2D eigenvalue weighted by atomic mass is 9.96. The maximum Gasteiger partial charge on any atom is 0.410 e. The highest BCUT2D eigenvalue weighted by molar-refractivity contribution is 5.97. The fraction of sp³-hybridized carbons (Fsp3) is 0.500. The van der Waals surface area contributed by atoms with E-state index < -0.39 is 18.2 Å². The van der Waals surface area contributed by atoms with Gasteiger partial charge in [-0.15, -0.1) is 0 Å². The predicted molar refractivity (Wildman–Crippen MR) is 90.5 cm³/mol. The number of ether oxygens (including phenoxy) is 1. The molecule has 0 spiro atoms. The largest absolute Gasteiger partial charge is 0.445 e. The highest BCUT2D eigenvalue weighted by Crippen LogP contribution is 2.20. The van der Waals surface area contributed by atoms with E-state index in [9.17, 15) is 14.4 Å². The van der Waals surface area contributed by atoms with Gasteiger partial charge in [-0.25, -0.2) is 4.79 Å². The molecule has 2 aliphatic rings. The van der Waals surface area contributed by atoms with E-state index in [1.807, 2.05) is 44.2 Å². The lowest BCUT2D eigenvalue weighted by molar-refractivity contribution is -0.153. The Bertz CT molecular complexity index is 662. The number of fused-ring (bicyclic) bond motifs is 1. The summed E-state index contributed by atoms with van der Waals surface area (Å²) in [5, 5.41) is 2.77. The van der Waals surface area contributed by atoms with Crippen molar-refractivity contribution in [3.05, 3.63) is 35.9 Å². The van der Waals surface area contributed by atoms with Crippen LogP contribution in [0.5, 0.6) is 0 Å². The van der Waals surface area contributed by atoms with Crippen molar-refractivity contribution in [3.63, 3.8) is 0 Å². The molecule has 0 saturated carbocycles. The molecule has 1 aromatic carbocycles. The smallest absolute Gasteiger partial charge is 0.410 e. The van der Waals surface area contributed by atoms with Crippen molar-refractivity contribution < 1.29 is 19.1 Å². The van der Waals surface area contributed by atoms with Crippen LogP contribution in [0.25, 0.3) is 0 Å². The van der Waals surface area contributed by atoms with Crippen molar-refractivity contribution >= 4 is 17.9 Å². The van der Waals surface area contributed by atoms with Crippen molar-refractivity contribution in [3.8, 4) is 0 Å². The Hall–Kier alpha value is -2.57. The zero-order valence-corrected chi connectivity index (χ0v) is 14.5. The molecule has 2 aliphatic heterocycles. The van der Waals surface area contributed by atoms with E-state index in [2.05, 4.69) is 5.32 Å². The van der Waals surface area contributed by atoms with Gasteiger partial charge >= 0.3 is 6.09 Å². The van der Waals surface area contributed by atoms with Gasteiger partial charge in [-0.2, -0.15) is 0 Å². The Morgan fingerprint density at radius 1 is 1.24 bits per heavy atom. The number of carbonyl (C=O) groups excluding carboxylic acids is 3. The Labute approximate surface area is 146 Å². The maximum atomic E-state index is 12.5. The summed E-state index contributed by atoms with van der Waals surface area (Å²) in [5.41, 5.74) is 0.903. The van der Waals surface area contributed by atoms with Crippen molar-refractivity contribution in [2.45, 2.75) is 32.5 Å². The predicted octanol–water partition coefficient (Wildman–Crippen LogP) is 0.990. The summed E-state index contributed by atoms with van der Waals surface area (Å²) in [7, 11) is 0. The molecular formula is C18H23N3O4. The van der Waals surface area contributed by atoms with Crippen LogP contribution in [0.1, 0.15) is 19.4 Å². The number of piperazine rings is 2. The summed E-state index contributed by atoms with van der Waals surface area (Å²) >= 11 is 0. The number of hydrogen-bond donors (Lipinski definition) is 1. The minimum Gasteiger partial charge on any atom is -0.445 e. The number of hydrogen-bond acceptors (Lipinski definition) is 4. The number of nitrogens with zero attached hydrogens (tertiary/aromatic N) is 2. The first-order chi connectivity index (χ1) is 12.0. The van der Waals surface area contributed by atoms with Gasteiger partial charge in [-0.3, -0.25) is 9.59 Å². The van der Waals surface area contributed by atoms with Gasteiger partial charge in [-0.1, -0.05) is 44.2 Å². The Kier molecular flexibility index (Phi) is 4.92. The summed E-state index contributed by atoms with van der Waals surface area (Å²) in [6, 6.07) is 8.29. The molecule has 2 heterocycles. The van der Waals surface area contributed by atoms with Gasteiger partial charge < -0.3 is 19.9 Å². The van der Waals surface area contributed by atoms with E-state index >= 15 is 0 Å². The summed E-state index contributed by atoms with van der Waals surface area (Å²) < 4.78 is 5.32. The highest BCUT2D eigenvalue weighted by Gasteiger charge is 2.45. The lowest BCUT2D eigenvalue weighted by Gasteiger charge is -2.45. The van der Waals surface area contributed by atoms with Gasteiger partial charge in [0.1, 0.15) is 18.7 Å². The zero-order chi connectivity index (χ0) is 18.0. The van der Waals surface area contributed by atoms with Crippen LogP contribution in [0, 0.1) is 5.92 Å². The number of rotatable bonds is 3. The van der Waals surface area contributed by atoms with Crippen molar-refractivity contribution in [2.24, 2.45) is 5.92 Å². The summed E-state index contributed by atoms with van der Waals surface area (Å²) in [5.74, 6) is -0.248. The molecule has 134 valence electrons. The van der Waals surface area contributed by atoms with E-state index in [0.717, 1.165) is 5.56 Å². The van der Waals surface area contributed by atoms with Gasteiger partial charge in [-0.05, 0) is 11.5 Å². The van der Waals surface area contributed by atoms with Gasteiger partial charge in [0.15, 0.2) is 0 Å². The second-order valence-electron chi connectivity index (χ2n) is 6.76. The van der Waals surface area contributed by atoms with E-state index in [1.54, 1.807) is 4.90 Å². The van der Waals surface area contributed by atoms with E-state index in [-0.39, 0.29) is 30.9 Å². The third kappa shape index (κ3) is 3.60. The van der Waals surface area contributed by atoms with Crippen LogP contribution in [0.2, 0.25) is 0 Å². The molecule has 25 heavy (non-hydrogen) atoms. The van der Waals surface area contributed by atoms with Crippen LogP contribution in [0.3, 0.4) is 0 Å². The second-order valence-corrected chi connectivity index (χ2v) is 6.76. The molecule has 0 bridgehead atoms. The molecule has 3 amide bonds. The SMILES string of the molecule is CC(C)[C@H]1NC(=O)[C@H]2CN(C(=O)OCc3ccccc3)CCN2C1=O. The minimum atomic E-state index is -0.638. The average molecular weight is 345 g/mol. The summed E-state index contributed by atoms with van der Waals surface area (Å²) in [4.78, 5) is 40.2. The minimum absolute atomic E-state index is 0.0336. The maximum absolute atomic E-state index is 12.5. The van der Waals surface area contributed by atoms with Crippen LogP contribution in [-0.2, 0) is 20.9 Å². The molecule has 1 aromatic rings. The first-order valence-electron chi connectivity index (χ1n) is 8.54. The second kappa shape index (κ2) is 7.13. The molecule has 2 atom stereocenters. The fourth-order valence-corrected chi connectivity index (χ4v) is 3.19. The van der Waals surface area contributed by atoms with Gasteiger partial charge in [0.05, 0.1) is 6.54 Å². The molecule has 0 aliphatic carbocycles. The average Bonchev–Trinajstić information content (AvgIpc) is 2.63. The number of carbonyl (C=O) groups is 3. The normalized spacial score (nSPS) is 23.3. The standard InChI is InChI=1S/C18H23N3O4/c1-12(2)15-17(23)21-9-8-20(10-14(21)16(22)19-15)18(24)25-11-13-6-4-3-5-7-13/h3-7,12,14-15H,8-11H2,1-2H3,(H,19,22)/t14-,15-/m1/s1. The molecule has 2 saturated heterocycles. The molecular weight excluding hydrogens is 322 g/mol. The monoisotopic (exact) mass is 345 g/mol. The zero-order valence-electron chi connectivity index (χ0n) is 14.5. The van der Waals surface area contributed by atoms with E-state index in [4.69, 9.17) is 4.74 Å². The van der Waals surface area contributed by atoms with Crippen LogP contribution in [0.15, 0.2) is 30.3 Å². The fourth-order valence-electron chi connectivity index (χ4n) is 3.19. The van der Waals surface area contributed by atoms with Crippen molar-refractivity contribution in [1.82, 2.24) is 15.1 Å². The first-order valence-corrected chi connectivity index (χ1v) is 8.54. The van der Waals surface area contributed by atoms with E-state index in [1.165, 1.54) is 4.90 Å². The topological polar surface area (TPSA) is 79.0 Å². The van der Waals surface area contributed by atoms with Crippen LogP contribution < -0.4 is 5.32 Å². The van der Waals surface area contributed by atoms with Gasteiger partial charge in [0, 0.05) is 13.1 Å². The van der Waals surface area contributed by atoms with Gasteiger partial charge in [0.2, 0.25) is 11.8 Å². The Morgan fingerprint density at radius 2 is 1.96 bits per heavy atom. The van der Waals surface area contributed by atoms with E-state index in [0.29, 0.717) is 13.1 Å². The summed E-state index contributed by atoms with van der Waals surface area (Å²) in [6.45, 7) is 4.87. The Morgan fingerprint density at radius 3 is 2.64 bits per heavy atom. The molecule has 7 nitrogen and oxygen atoms in total. The van der Waals surface area contributed by atoms with Crippen LogP contribution in [-0.4, -0.2) is 59.4 Å². The van der Waals surface area contributed by atoms with Crippen molar-refractivity contribution in [2.75, 3.05) is 19.6 Å². The number of benzene rings is 1. The molecule has 2 fully saturated rings. The first kappa shape index (κ1) is 17.3. The quantitative estimate of drug-likeness (QED) is 0.886. The third-order valence-electron chi connectivity index (χ3n) is 4.66. The molecule has 0 unspecified atom stereocenters. The molecule has 7 heteroatoms. The lowest BCUT2D eigenvalue weighted by Crippen LogP contribution is -2.70. The van der Waals surface area contributed by atoms with Gasteiger partial charge in [0.25, 0.3) is 0 Å². The Balaban J connectivity index is 1.60. The summed E-state index contributed by atoms with van der Waals surface area (Å²) in [6.07, 6.45) is -0.463. The van der Waals surface area contributed by atoms with Crippen molar-refractivity contribution in [1.29, 1.82) is 0 Å². The molecule has 1 N–H and O–H groups in total. The molecule has 0 radical (unpaired) electrons. The van der Waals surface area contributed by atoms with Crippen LogP contribution >= 0.6 is 0 Å². The number of amides is 3. The molecule has 0 aromatic heterocycles. The third-order valence-corrected chi connectivity index (χ3v) is 4.66. The highest BCUT2D eigenvalue weighted by atomic mass is 16.6. The van der Waals surface area contributed by atoms with Crippen LogP contribution in [0.4, 0.5) is 4.79 Å². The number of nitrogens with one attached hydrogen (secondary N) is 1. The molecule has 3 rings (SSSR count).